The third-order valence-electron chi connectivity index (χ3n) is 3.75. The van der Waals surface area contributed by atoms with Crippen molar-refractivity contribution >= 4 is 23.2 Å². The highest BCUT2D eigenvalue weighted by atomic mass is 32.1. The van der Waals surface area contributed by atoms with Crippen molar-refractivity contribution in [2.45, 2.75) is 6.54 Å². The summed E-state index contributed by atoms with van der Waals surface area (Å²) in [4.78, 5) is 12.4. The number of carbonyl (C=O) groups excluding carboxylic acids is 1. The largest absolute Gasteiger partial charge is 0.493 e. The van der Waals surface area contributed by atoms with Gasteiger partial charge in [-0.05, 0) is 42.0 Å². The molecule has 0 atom stereocenters. The van der Waals surface area contributed by atoms with Crippen LogP contribution in [-0.2, 0) is 6.54 Å². The van der Waals surface area contributed by atoms with E-state index in [0.717, 1.165) is 5.56 Å². The summed E-state index contributed by atoms with van der Waals surface area (Å²) in [5, 5.41) is 3.13. The van der Waals surface area contributed by atoms with Crippen molar-refractivity contribution in [2.24, 2.45) is 0 Å². The van der Waals surface area contributed by atoms with Gasteiger partial charge in [0.15, 0.2) is 16.6 Å². The fourth-order valence-corrected chi connectivity index (χ4v) is 2.54. The predicted molar refractivity (Wildman–Crippen MR) is 100 cm³/mol. The molecule has 0 bridgehead atoms. The molecule has 0 saturated carbocycles. The van der Waals surface area contributed by atoms with Gasteiger partial charge in [0.25, 0.3) is 5.91 Å². The lowest BCUT2D eigenvalue weighted by Crippen LogP contribution is -2.46. The topological polar surface area (TPSA) is 80.9 Å². The Balaban J connectivity index is 1.55. The first kappa shape index (κ1) is 18.7. The van der Waals surface area contributed by atoms with Gasteiger partial charge in [0.2, 0.25) is 5.75 Å². The molecule has 3 N–H and O–H groups in total. The number of rotatable bonds is 4. The second-order valence-electron chi connectivity index (χ2n) is 5.59. The van der Waals surface area contributed by atoms with Crippen molar-refractivity contribution in [3.05, 3.63) is 53.3 Å². The van der Waals surface area contributed by atoms with E-state index >= 15 is 0 Å². The van der Waals surface area contributed by atoms with Gasteiger partial charge >= 0.3 is 0 Å². The van der Waals surface area contributed by atoms with Crippen LogP contribution >= 0.6 is 12.2 Å². The van der Waals surface area contributed by atoms with E-state index < -0.39 is 5.91 Å². The molecule has 0 fully saturated rings. The molecule has 7 nitrogen and oxygen atoms in total. The van der Waals surface area contributed by atoms with Crippen LogP contribution in [0.5, 0.6) is 17.2 Å². The first-order chi connectivity index (χ1) is 13.1. The number of halogens is 1. The molecule has 1 amide bonds. The fraction of sp³-hybridized carbons (Fsp3) is 0.222. The number of hydrazine groups is 1. The SMILES string of the molecule is COc1cc(C(=O)NNC(=S)NCc2ccc(F)cc2)cc2c1OCCO2. The summed E-state index contributed by atoms with van der Waals surface area (Å²) in [5.74, 6) is 0.611. The van der Waals surface area contributed by atoms with Crippen LogP contribution < -0.4 is 30.4 Å². The van der Waals surface area contributed by atoms with Crippen molar-refractivity contribution < 1.29 is 23.4 Å². The highest BCUT2D eigenvalue weighted by molar-refractivity contribution is 7.80. The molecule has 0 unspecified atom stereocenters. The molecule has 2 aromatic rings. The van der Waals surface area contributed by atoms with E-state index in [-0.39, 0.29) is 10.9 Å². The van der Waals surface area contributed by atoms with E-state index in [1.54, 1.807) is 24.3 Å². The summed E-state index contributed by atoms with van der Waals surface area (Å²) >= 11 is 5.11. The average Bonchev–Trinajstić information content (AvgIpc) is 2.70. The van der Waals surface area contributed by atoms with Crippen LogP contribution in [0.15, 0.2) is 36.4 Å². The monoisotopic (exact) mass is 391 g/mol. The molecule has 0 radical (unpaired) electrons. The Kier molecular flexibility index (Phi) is 5.92. The number of hydrogen-bond acceptors (Lipinski definition) is 5. The van der Waals surface area contributed by atoms with Crippen molar-refractivity contribution in [1.29, 1.82) is 0 Å². The fourth-order valence-electron chi connectivity index (χ4n) is 2.42. The molecule has 1 aliphatic heterocycles. The number of methoxy groups -OCH3 is 1. The average molecular weight is 391 g/mol. The van der Waals surface area contributed by atoms with Gasteiger partial charge in [-0.15, -0.1) is 0 Å². The molecular formula is C18H18FN3O4S. The molecular weight excluding hydrogens is 373 g/mol. The highest BCUT2D eigenvalue weighted by Crippen LogP contribution is 2.40. The minimum atomic E-state index is -0.420. The number of thiocarbonyl (C=S) groups is 1. The van der Waals surface area contributed by atoms with Crippen LogP contribution in [0.1, 0.15) is 15.9 Å². The molecule has 27 heavy (non-hydrogen) atoms. The molecule has 0 aromatic heterocycles. The van der Waals surface area contributed by atoms with Crippen LogP contribution in [-0.4, -0.2) is 31.3 Å². The molecule has 1 aliphatic rings. The Labute approximate surface area is 160 Å². The Morgan fingerprint density at radius 3 is 2.67 bits per heavy atom. The minimum Gasteiger partial charge on any atom is -0.493 e. The first-order valence-electron chi connectivity index (χ1n) is 8.13. The molecule has 0 spiro atoms. The second-order valence-corrected chi connectivity index (χ2v) is 6.00. The van der Waals surface area contributed by atoms with E-state index in [0.29, 0.717) is 42.6 Å². The van der Waals surface area contributed by atoms with Crippen molar-refractivity contribution in [3.63, 3.8) is 0 Å². The van der Waals surface area contributed by atoms with Crippen molar-refractivity contribution in [2.75, 3.05) is 20.3 Å². The van der Waals surface area contributed by atoms with Gasteiger partial charge < -0.3 is 19.5 Å². The summed E-state index contributed by atoms with van der Waals surface area (Å²) in [5.41, 5.74) is 6.29. The minimum absolute atomic E-state index is 0.220. The number of amides is 1. The van der Waals surface area contributed by atoms with Crippen molar-refractivity contribution in [3.8, 4) is 17.2 Å². The predicted octanol–water partition coefficient (Wildman–Crippen LogP) is 1.91. The van der Waals surface area contributed by atoms with E-state index in [4.69, 9.17) is 26.4 Å². The number of ether oxygens (including phenoxy) is 3. The summed E-state index contributed by atoms with van der Waals surface area (Å²) in [6.07, 6.45) is 0. The smallest absolute Gasteiger partial charge is 0.269 e. The van der Waals surface area contributed by atoms with Gasteiger partial charge in [-0.3, -0.25) is 15.6 Å². The zero-order chi connectivity index (χ0) is 19.2. The van der Waals surface area contributed by atoms with E-state index in [2.05, 4.69) is 16.2 Å². The van der Waals surface area contributed by atoms with Crippen molar-refractivity contribution in [1.82, 2.24) is 16.2 Å². The second kappa shape index (κ2) is 8.54. The Hall–Kier alpha value is -3.07. The molecule has 142 valence electrons. The Morgan fingerprint density at radius 2 is 1.93 bits per heavy atom. The number of carbonyl (C=O) groups is 1. The van der Waals surface area contributed by atoms with Crippen LogP contribution in [0.25, 0.3) is 0 Å². The molecule has 3 rings (SSSR count). The lowest BCUT2D eigenvalue weighted by atomic mass is 10.1. The number of fused-ring (bicyclic) bond motifs is 1. The summed E-state index contributed by atoms with van der Waals surface area (Å²) in [6.45, 7) is 1.21. The standard InChI is InChI=1S/C18H18FN3O4S/c1-24-14-8-12(9-15-16(14)26-7-6-25-15)17(23)21-22-18(27)20-10-11-2-4-13(19)5-3-11/h2-5,8-9H,6-7,10H2,1H3,(H,21,23)(H2,20,22,27). The lowest BCUT2D eigenvalue weighted by Gasteiger charge is -2.21. The summed E-state index contributed by atoms with van der Waals surface area (Å²) in [6, 6.07) is 9.15. The van der Waals surface area contributed by atoms with Crippen LogP contribution in [0.4, 0.5) is 4.39 Å². The summed E-state index contributed by atoms with van der Waals surface area (Å²) < 4.78 is 29.2. The summed E-state index contributed by atoms with van der Waals surface area (Å²) in [7, 11) is 1.49. The molecule has 0 saturated heterocycles. The number of nitrogens with one attached hydrogen (secondary N) is 3. The Morgan fingerprint density at radius 1 is 1.19 bits per heavy atom. The maximum Gasteiger partial charge on any atom is 0.269 e. The van der Waals surface area contributed by atoms with E-state index in [1.807, 2.05) is 0 Å². The number of benzene rings is 2. The Bertz CT molecular complexity index is 828. The molecule has 9 heteroatoms. The maximum absolute atomic E-state index is 12.9. The van der Waals surface area contributed by atoms with Gasteiger partial charge in [-0.2, -0.15) is 0 Å². The van der Waals surface area contributed by atoms with E-state index in [1.165, 1.54) is 19.2 Å². The van der Waals surface area contributed by atoms with Gasteiger partial charge in [0.05, 0.1) is 7.11 Å². The van der Waals surface area contributed by atoms with Gasteiger partial charge in [0.1, 0.15) is 19.0 Å². The van der Waals surface area contributed by atoms with Gasteiger partial charge in [0, 0.05) is 12.1 Å². The van der Waals surface area contributed by atoms with E-state index in [9.17, 15) is 9.18 Å². The quantitative estimate of drug-likeness (QED) is 0.543. The molecule has 0 aliphatic carbocycles. The zero-order valence-electron chi connectivity index (χ0n) is 14.5. The van der Waals surface area contributed by atoms with Gasteiger partial charge in [-0.1, -0.05) is 12.1 Å². The highest BCUT2D eigenvalue weighted by Gasteiger charge is 2.20. The van der Waals surface area contributed by atoms with Crippen LogP contribution in [0, 0.1) is 5.82 Å². The zero-order valence-corrected chi connectivity index (χ0v) is 15.3. The van der Waals surface area contributed by atoms with Gasteiger partial charge in [-0.25, -0.2) is 4.39 Å². The third kappa shape index (κ3) is 4.76. The maximum atomic E-state index is 12.9. The molecule has 2 aromatic carbocycles. The van der Waals surface area contributed by atoms with Crippen LogP contribution in [0.3, 0.4) is 0 Å². The normalized spacial score (nSPS) is 12.1. The third-order valence-corrected chi connectivity index (χ3v) is 3.99. The van der Waals surface area contributed by atoms with Crippen LogP contribution in [0.2, 0.25) is 0 Å². The number of hydrogen-bond donors (Lipinski definition) is 3. The first-order valence-corrected chi connectivity index (χ1v) is 8.54. The lowest BCUT2D eigenvalue weighted by molar-refractivity contribution is 0.0941. The molecule has 1 heterocycles.